The fourth-order valence-corrected chi connectivity index (χ4v) is 9.80. The van der Waals surface area contributed by atoms with Crippen molar-refractivity contribution in [3.8, 4) is 0 Å². The van der Waals surface area contributed by atoms with Crippen LogP contribution in [0.2, 0.25) is 0 Å². The molecule has 0 aromatic carbocycles. The Hall–Kier alpha value is 0.850. The molecule has 2 saturated carbocycles. The van der Waals surface area contributed by atoms with E-state index in [0.717, 1.165) is 12.8 Å². The summed E-state index contributed by atoms with van der Waals surface area (Å²) in [6.07, 6.45) is 11.2. The number of hydrogen-bond donors (Lipinski definition) is 2. The molecule has 2 aliphatic carbocycles. The van der Waals surface area contributed by atoms with Gasteiger partial charge in [0.1, 0.15) is 0 Å². The Morgan fingerprint density at radius 1 is 1.10 bits per heavy atom. The normalized spacial score (nSPS) is 40.3. The van der Waals surface area contributed by atoms with Gasteiger partial charge >= 0.3 is 142 Å². The molecule has 2 saturated heterocycles. The van der Waals surface area contributed by atoms with Crippen molar-refractivity contribution in [2.24, 2.45) is 5.92 Å². The van der Waals surface area contributed by atoms with Gasteiger partial charge in [0.25, 0.3) is 0 Å². The zero-order valence-electron chi connectivity index (χ0n) is 11.6. The van der Waals surface area contributed by atoms with E-state index in [0.29, 0.717) is 9.97 Å². The van der Waals surface area contributed by atoms with Crippen LogP contribution in [0.25, 0.3) is 0 Å². The van der Waals surface area contributed by atoms with E-state index in [9.17, 15) is 4.79 Å². The molecule has 2 aliphatic heterocycles. The monoisotopic (exact) mass is 504 g/mol. The Balaban J connectivity index is 1.51. The van der Waals surface area contributed by atoms with E-state index in [1.165, 1.54) is 44.9 Å². The van der Waals surface area contributed by atoms with Crippen LogP contribution in [0, 0.1) is 5.92 Å². The predicted octanol–water partition coefficient (Wildman–Crippen LogP) is -4.34. The van der Waals surface area contributed by atoms with Crippen LogP contribution in [0.3, 0.4) is 0 Å². The Kier molecular flexibility index (Phi) is 3.96. The molecule has 0 radical (unpaired) electrons. The van der Waals surface area contributed by atoms with Crippen molar-refractivity contribution in [2.45, 2.75) is 71.0 Å². The van der Waals surface area contributed by atoms with Crippen molar-refractivity contribution in [2.75, 3.05) is 0 Å². The van der Waals surface area contributed by atoms with Gasteiger partial charge in [-0.3, -0.25) is 0 Å². The van der Waals surface area contributed by atoms with E-state index in [4.69, 9.17) is 4.74 Å². The van der Waals surface area contributed by atoms with Crippen LogP contribution in [0.1, 0.15) is 57.8 Å². The molecular formula is C14H22I2N2O2-2. The molecule has 4 fully saturated rings. The van der Waals surface area contributed by atoms with E-state index in [1.807, 2.05) is 0 Å². The van der Waals surface area contributed by atoms with Gasteiger partial charge in [-0.2, -0.15) is 0 Å². The summed E-state index contributed by atoms with van der Waals surface area (Å²) in [5.41, 5.74) is -0.0972. The van der Waals surface area contributed by atoms with E-state index >= 15 is 0 Å². The number of carbonyl (C=O) groups is 1. The molecule has 2 heterocycles. The maximum atomic E-state index is 12.8. The quantitative estimate of drug-likeness (QED) is 0.102. The van der Waals surface area contributed by atoms with Crippen LogP contribution < -0.4 is 50.0 Å². The van der Waals surface area contributed by atoms with Crippen molar-refractivity contribution in [1.82, 2.24) is 7.06 Å². The van der Waals surface area contributed by atoms with Gasteiger partial charge in [0, 0.05) is 0 Å². The molecule has 4 aliphatic rings. The molecule has 4 nitrogen and oxygen atoms in total. The Morgan fingerprint density at radius 3 is 2.30 bits per heavy atom. The summed E-state index contributed by atoms with van der Waals surface area (Å²) in [5.74, 6) is 0.747. The average molecular weight is 504 g/mol. The van der Waals surface area contributed by atoms with Gasteiger partial charge in [-0.05, 0) is 0 Å². The number of nitrogens with one attached hydrogen (secondary N) is 2. The first-order chi connectivity index (χ1) is 9.75. The molecule has 116 valence electrons. The van der Waals surface area contributed by atoms with Crippen LogP contribution in [0.4, 0.5) is 0 Å². The summed E-state index contributed by atoms with van der Waals surface area (Å²) in [7, 11) is 0. The van der Waals surface area contributed by atoms with E-state index in [1.54, 1.807) is 0 Å². The SMILES string of the molecule is O=C(OC1(C2CCCC2)CCCCC1)C1(C2N[I-]2)N[I-]1. The molecule has 20 heavy (non-hydrogen) atoms. The molecule has 2 unspecified atom stereocenters. The minimum absolute atomic E-state index is 0.0748. The Morgan fingerprint density at radius 2 is 1.75 bits per heavy atom. The molecule has 0 spiro atoms. The van der Waals surface area contributed by atoms with Crippen molar-refractivity contribution in [3.63, 3.8) is 0 Å². The first kappa shape index (κ1) is 14.4. The zero-order chi connectivity index (χ0) is 13.6. The Bertz CT molecular complexity index is 398. The third-order valence-corrected chi connectivity index (χ3v) is 11.4. The number of hydrogen-bond acceptors (Lipinski definition) is 4. The molecule has 6 heteroatoms. The molecule has 2 atom stereocenters. The molecule has 0 aromatic rings. The predicted molar refractivity (Wildman–Crippen MR) is 66.7 cm³/mol. The summed E-state index contributed by atoms with van der Waals surface area (Å²) in [6, 6.07) is 0. The van der Waals surface area contributed by atoms with Crippen molar-refractivity contribution in [3.05, 3.63) is 0 Å². The molecule has 0 amide bonds. The van der Waals surface area contributed by atoms with Gasteiger partial charge in [0.05, 0.1) is 0 Å². The number of ether oxygens (including phenoxy) is 1. The first-order valence-electron chi connectivity index (χ1n) is 7.79. The number of carbonyl (C=O) groups excluding carboxylic acids is 1. The fourth-order valence-electron chi connectivity index (χ4n) is 3.96. The summed E-state index contributed by atoms with van der Waals surface area (Å²) in [4.78, 5) is 12.8. The summed E-state index contributed by atoms with van der Waals surface area (Å²) in [6.45, 7) is 0. The average Bonchev–Trinajstić information content (AvgIpc) is 3.37. The summed E-state index contributed by atoms with van der Waals surface area (Å²) >= 11 is -0.0804. The minimum atomic E-state index is -0.213. The van der Waals surface area contributed by atoms with Gasteiger partial charge in [-0.15, -0.1) is 0 Å². The maximum absolute atomic E-state index is 12.8. The summed E-state index contributed by atoms with van der Waals surface area (Å²) < 4.78 is 13.4. The second kappa shape index (κ2) is 5.49. The second-order valence-corrected chi connectivity index (χ2v) is 11.7. The topological polar surface area (TPSA) is 70.2 Å². The van der Waals surface area contributed by atoms with Gasteiger partial charge < -0.3 is 0 Å². The number of rotatable bonds is 4. The van der Waals surface area contributed by atoms with Crippen molar-refractivity contribution >= 4 is 5.97 Å². The summed E-state index contributed by atoms with van der Waals surface area (Å²) in [5, 5.41) is 0. The molecular weight excluding hydrogens is 482 g/mol. The fraction of sp³-hybridized carbons (Fsp3) is 0.929. The van der Waals surface area contributed by atoms with Crippen LogP contribution in [-0.2, 0) is 9.53 Å². The molecule has 4 rings (SSSR count). The van der Waals surface area contributed by atoms with Crippen LogP contribution in [0.15, 0.2) is 0 Å². The molecule has 0 bridgehead atoms. The van der Waals surface area contributed by atoms with Crippen molar-refractivity contribution in [1.29, 1.82) is 0 Å². The third kappa shape index (κ3) is 2.52. The van der Waals surface area contributed by atoms with Crippen molar-refractivity contribution < 1.29 is 52.5 Å². The van der Waals surface area contributed by atoms with Gasteiger partial charge in [0.2, 0.25) is 0 Å². The number of esters is 1. The van der Waals surface area contributed by atoms with E-state index < -0.39 is 0 Å². The van der Waals surface area contributed by atoms with E-state index in [-0.39, 0.29) is 58.1 Å². The van der Waals surface area contributed by atoms with Gasteiger partial charge in [-0.1, -0.05) is 0 Å². The van der Waals surface area contributed by atoms with Gasteiger partial charge in [-0.25, -0.2) is 0 Å². The second-order valence-electron chi connectivity index (χ2n) is 6.48. The van der Waals surface area contributed by atoms with E-state index in [2.05, 4.69) is 7.06 Å². The standard InChI is InChI=1S/C14H22I2N2O2/c19-12(14(16-18-14)11-15-17-11)20-13(8-4-1-5-9-13)10-6-2-3-7-10/h10-11,17-18H,1-9H2/q-2. The number of alkyl halides is 2. The van der Waals surface area contributed by atoms with Crippen LogP contribution in [-0.4, -0.2) is 19.2 Å². The first-order valence-corrected chi connectivity index (χ1v) is 12.3. The number of halogens is 2. The van der Waals surface area contributed by atoms with Crippen LogP contribution >= 0.6 is 0 Å². The zero-order valence-corrected chi connectivity index (χ0v) is 15.9. The molecule has 0 aromatic heterocycles. The third-order valence-electron chi connectivity index (χ3n) is 5.26. The van der Waals surface area contributed by atoms with Crippen LogP contribution in [0.5, 0.6) is 0 Å². The molecule has 2 N–H and O–H groups in total. The van der Waals surface area contributed by atoms with Gasteiger partial charge in [0.15, 0.2) is 0 Å². The Labute approximate surface area is 141 Å².